The number of rotatable bonds is 3. The summed E-state index contributed by atoms with van der Waals surface area (Å²) in [6.07, 6.45) is 1.11. The van der Waals surface area contributed by atoms with E-state index in [0.717, 1.165) is 11.8 Å². The molecule has 3 N–H and O–H groups in total. The molecular formula is C8H13ClN2O2S. The van der Waals surface area contributed by atoms with Gasteiger partial charge >= 0.3 is 0 Å². The Morgan fingerprint density at radius 2 is 1.79 bits per heavy atom. The third-order valence-corrected chi connectivity index (χ3v) is 2.10. The number of nitrogens with one attached hydrogen (secondary N) is 1. The lowest BCUT2D eigenvalue weighted by atomic mass is 10.2. The van der Waals surface area contributed by atoms with Gasteiger partial charge in [0.05, 0.1) is 6.26 Å². The van der Waals surface area contributed by atoms with Gasteiger partial charge in [0.15, 0.2) is 0 Å². The van der Waals surface area contributed by atoms with Crippen molar-refractivity contribution in [3.05, 3.63) is 29.8 Å². The minimum atomic E-state index is -3.18. The highest BCUT2D eigenvalue weighted by atomic mass is 35.5. The van der Waals surface area contributed by atoms with E-state index in [4.69, 9.17) is 5.73 Å². The van der Waals surface area contributed by atoms with Gasteiger partial charge in [-0.15, -0.1) is 12.4 Å². The first-order valence-electron chi connectivity index (χ1n) is 3.78. The molecule has 0 atom stereocenters. The minimum Gasteiger partial charge on any atom is -0.326 e. The van der Waals surface area contributed by atoms with Crippen molar-refractivity contribution >= 4 is 28.1 Å². The number of halogens is 1. The highest BCUT2D eigenvalue weighted by Crippen LogP contribution is 2.09. The molecule has 0 amide bonds. The lowest BCUT2D eigenvalue weighted by Crippen LogP contribution is -2.09. The molecule has 1 aromatic carbocycles. The van der Waals surface area contributed by atoms with Gasteiger partial charge in [-0.2, -0.15) is 0 Å². The van der Waals surface area contributed by atoms with Crippen molar-refractivity contribution < 1.29 is 8.42 Å². The smallest absolute Gasteiger partial charge is 0.229 e. The van der Waals surface area contributed by atoms with Crippen LogP contribution in [0, 0.1) is 0 Å². The largest absolute Gasteiger partial charge is 0.326 e. The van der Waals surface area contributed by atoms with Crippen LogP contribution in [0.15, 0.2) is 24.3 Å². The molecule has 0 aliphatic heterocycles. The zero-order chi connectivity index (χ0) is 9.90. The first kappa shape index (κ1) is 13.2. The lowest BCUT2D eigenvalue weighted by Gasteiger charge is -2.03. The zero-order valence-electron chi connectivity index (χ0n) is 7.73. The molecule has 0 fully saturated rings. The maximum atomic E-state index is 10.8. The van der Waals surface area contributed by atoms with Crippen LogP contribution in [0.5, 0.6) is 0 Å². The maximum absolute atomic E-state index is 10.8. The minimum absolute atomic E-state index is 0. The van der Waals surface area contributed by atoms with Gasteiger partial charge in [-0.05, 0) is 17.7 Å². The monoisotopic (exact) mass is 236 g/mol. The van der Waals surface area contributed by atoms with Gasteiger partial charge < -0.3 is 5.73 Å². The average molecular weight is 237 g/mol. The van der Waals surface area contributed by atoms with Gasteiger partial charge in [0.2, 0.25) is 10.0 Å². The Hall–Kier alpha value is -0.780. The molecule has 0 aliphatic carbocycles. The standard InChI is InChI=1S/C8H12N2O2S.ClH/c1-13(11,12)10-8-4-2-7(6-9)3-5-8;/h2-5,10H,6,9H2,1H3;1H. The summed E-state index contributed by atoms with van der Waals surface area (Å²) in [4.78, 5) is 0. The molecule has 0 radical (unpaired) electrons. The molecule has 0 heterocycles. The summed E-state index contributed by atoms with van der Waals surface area (Å²) < 4.78 is 24.0. The van der Waals surface area contributed by atoms with E-state index in [1.165, 1.54) is 0 Å². The van der Waals surface area contributed by atoms with Crippen LogP contribution in [0.2, 0.25) is 0 Å². The van der Waals surface area contributed by atoms with Crippen LogP contribution in [-0.2, 0) is 16.6 Å². The van der Waals surface area contributed by atoms with Crippen molar-refractivity contribution in [1.82, 2.24) is 0 Å². The molecule has 0 spiro atoms. The second-order valence-corrected chi connectivity index (χ2v) is 4.52. The van der Waals surface area contributed by atoms with E-state index in [1.54, 1.807) is 24.3 Å². The Morgan fingerprint density at radius 1 is 1.29 bits per heavy atom. The first-order chi connectivity index (χ1) is 6.01. The van der Waals surface area contributed by atoms with Crippen molar-refractivity contribution in [1.29, 1.82) is 0 Å². The summed E-state index contributed by atoms with van der Waals surface area (Å²) in [6, 6.07) is 6.94. The third-order valence-electron chi connectivity index (χ3n) is 1.49. The molecule has 0 aliphatic rings. The number of hydrogen-bond donors (Lipinski definition) is 2. The van der Waals surface area contributed by atoms with Crippen molar-refractivity contribution in [3.63, 3.8) is 0 Å². The number of sulfonamides is 1. The number of nitrogens with two attached hydrogens (primary N) is 1. The first-order valence-corrected chi connectivity index (χ1v) is 5.67. The Labute approximate surface area is 90.0 Å². The highest BCUT2D eigenvalue weighted by molar-refractivity contribution is 7.92. The van der Waals surface area contributed by atoms with Crippen molar-refractivity contribution in [3.8, 4) is 0 Å². The SMILES string of the molecule is CS(=O)(=O)Nc1ccc(CN)cc1.Cl. The Kier molecular flexibility index (Phi) is 4.90. The molecule has 0 aromatic heterocycles. The number of benzene rings is 1. The zero-order valence-corrected chi connectivity index (χ0v) is 9.36. The Balaban J connectivity index is 0.00000169. The van der Waals surface area contributed by atoms with Crippen LogP contribution in [-0.4, -0.2) is 14.7 Å². The summed E-state index contributed by atoms with van der Waals surface area (Å²) in [5, 5.41) is 0. The molecule has 0 saturated heterocycles. The van der Waals surface area contributed by atoms with Gasteiger partial charge in [-0.25, -0.2) is 8.42 Å². The fourth-order valence-electron chi connectivity index (χ4n) is 0.923. The van der Waals surface area contributed by atoms with Gasteiger partial charge in [0, 0.05) is 12.2 Å². The molecule has 6 heteroatoms. The molecule has 80 valence electrons. The van der Waals surface area contributed by atoms with E-state index in [0.29, 0.717) is 12.2 Å². The summed E-state index contributed by atoms with van der Waals surface area (Å²) in [7, 11) is -3.18. The molecule has 4 nitrogen and oxygen atoms in total. The molecule has 14 heavy (non-hydrogen) atoms. The van der Waals surface area contributed by atoms with Crippen molar-refractivity contribution in [2.24, 2.45) is 5.73 Å². The molecular weight excluding hydrogens is 224 g/mol. The molecule has 0 saturated carbocycles. The van der Waals surface area contributed by atoms with Crippen molar-refractivity contribution in [2.75, 3.05) is 11.0 Å². The van der Waals surface area contributed by atoms with Crippen LogP contribution in [0.4, 0.5) is 5.69 Å². The summed E-state index contributed by atoms with van der Waals surface area (Å²) in [5.41, 5.74) is 6.92. The van der Waals surface area contributed by atoms with Crippen LogP contribution in [0.25, 0.3) is 0 Å². The predicted molar refractivity (Wildman–Crippen MR) is 60.0 cm³/mol. The van der Waals surface area contributed by atoms with Gasteiger partial charge in [-0.1, -0.05) is 12.1 Å². The molecule has 0 unspecified atom stereocenters. The Bertz CT molecular complexity index is 375. The second kappa shape index (κ2) is 5.19. The Morgan fingerprint density at radius 3 is 2.14 bits per heavy atom. The highest BCUT2D eigenvalue weighted by Gasteiger charge is 2.00. The molecule has 0 bridgehead atoms. The topological polar surface area (TPSA) is 72.2 Å². The van der Waals surface area contributed by atoms with E-state index in [1.807, 2.05) is 0 Å². The predicted octanol–water partition coefficient (Wildman–Crippen LogP) is 0.939. The van der Waals surface area contributed by atoms with Crippen LogP contribution in [0.1, 0.15) is 5.56 Å². The van der Waals surface area contributed by atoms with Crippen molar-refractivity contribution in [2.45, 2.75) is 6.54 Å². The van der Waals surface area contributed by atoms with E-state index >= 15 is 0 Å². The number of anilines is 1. The van der Waals surface area contributed by atoms with Gasteiger partial charge in [0.25, 0.3) is 0 Å². The van der Waals surface area contributed by atoms with Crippen LogP contribution >= 0.6 is 12.4 Å². The van der Waals surface area contributed by atoms with E-state index in [9.17, 15) is 8.42 Å². The average Bonchev–Trinajstić information content (AvgIpc) is 2.03. The second-order valence-electron chi connectivity index (χ2n) is 2.78. The molecule has 1 aromatic rings. The normalized spacial score (nSPS) is 10.4. The van der Waals surface area contributed by atoms with Crippen LogP contribution < -0.4 is 10.5 Å². The maximum Gasteiger partial charge on any atom is 0.229 e. The fourth-order valence-corrected chi connectivity index (χ4v) is 1.49. The van der Waals surface area contributed by atoms with E-state index < -0.39 is 10.0 Å². The van der Waals surface area contributed by atoms with Gasteiger partial charge in [0.1, 0.15) is 0 Å². The summed E-state index contributed by atoms with van der Waals surface area (Å²) >= 11 is 0. The summed E-state index contributed by atoms with van der Waals surface area (Å²) in [6.45, 7) is 0.457. The fraction of sp³-hybridized carbons (Fsp3) is 0.250. The van der Waals surface area contributed by atoms with E-state index in [2.05, 4.69) is 4.72 Å². The van der Waals surface area contributed by atoms with Crippen LogP contribution in [0.3, 0.4) is 0 Å². The van der Waals surface area contributed by atoms with E-state index in [-0.39, 0.29) is 12.4 Å². The van der Waals surface area contributed by atoms with Gasteiger partial charge in [-0.3, -0.25) is 4.72 Å². The summed E-state index contributed by atoms with van der Waals surface area (Å²) in [5.74, 6) is 0. The lowest BCUT2D eigenvalue weighted by molar-refractivity contribution is 0.607. The third kappa shape index (κ3) is 4.45. The quantitative estimate of drug-likeness (QED) is 0.821. The number of hydrogen-bond acceptors (Lipinski definition) is 3. The molecule has 1 rings (SSSR count).